The van der Waals surface area contributed by atoms with Gasteiger partial charge in [-0.2, -0.15) is 0 Å². The molecule has 188 valence electrons. The van der Waals surface area contributed by atoms with Gasteiger partial charge in [0.05, 0.1) is 11.1 Å². The number of ketones is 2. The molecule has 35 heavy (non-hydrogen) atoms. The Balaban J connectivity index is 1.87. The van der Waals surface area contributed by atoms with Crippen LogP contribution in [0.15, 0.2) is 46.9 Å². The Hall–Kier alpha value is -2.18. The lowest BCUT2D eigenvalue weighted by Crippen LogP contribution is -2.44. The van der Waals surface area contributed by atoms with Crippen LogP contribution in [0.1, 0.15) is 68.8 Å². The van der Waals surface area contributed by atoms with Crippen LogP contribution < -0.4 is 5.32 Å². The molecule has 2 atom stereocenters. The molecule has 2 aromatic rings. The van der Waals surface area contributed by atoms with E-state index in [1.807, 2.05) is 26.8 Å². The van der Waals surface area contributed by atoms with E-state index in [4.69, 9.17) is 11.6 Å². The van der Waals surface area contributed by atoms with Gasteiger partial charge in [-0.25, -0.2) is 0 Å². The molecular formula is C28H33BrClNO4. The highest BCUT2D eigenvalue weighted by Gasteiger charge is 2.38. The number of carbonyl (C=O) groups excluding carboxylic acids is 3. The zero-order chi connectivity index (χ0) is 25.8. The molecule has 0 aliphatic heterocycles. The predicted molar refractivity (Wildman–Crippen MR) is 142 cm³/mol. The molecule has 1 amide bonds. The van der Waals surface area contributed by atoms with Gasteiger partial charge in [0.15, 0.2) is 5.78 Å². The van der Waals surface area contributed by atoms with Crippen molar-refractivity contribution in [2.45, 2.75) is 65.3 Å². The lowest BCUT2D eigenvalue weighted by atomic mass is 9.73. The van der Waals surface area contributed by atoms with Gasteiger partial charge in [0.2, 0.25) is 0 Å². The van der Waals surface area contributed by atoms with Gasteiger partial charge < -0.3 is 10.4 Å². The fraction of sp³-hybridized carbons (Fsp3) is 0.464. The van der Waals surface area contributed by atoms with Crippen molar-refractivity contribution in [3.63, 3.8) is 0 Å². The van der Waals surface area contributed by atoms with Gasteiger partial charge >= 0.3 is 0 Å². The lowest BCUT2D eigenvalue weighted by Gasteiger charge is -2.30. The summed E-state index contributed by atoms with van der Waals surface area (Å²) in [6.07, 6.45) is 4.34. The first-order valence-electron chi connectivity index (χ1n) is 12.1. The fourth-order valence-electron chi connectivity index (χ4n) is 4.78. The summed E-state index contributed by atoms with van der Waals surface area (Å²) < 4.78 is 0.760. The summed E-state index contributed by atoms with van der Waals surface area (Å²) in [5.41, 5.74) is 0.590. The third-order valence-electron chi connectivity index (χ3n) is 6.70. The molecule has 1 aliphatic rings. The monoisotopic (exact) mass is 561 g/mol. The molecule has 7 heteroatoms. The SMILES string of the molecule is CC(C)(C)C(=O)[C@@H](CC(=O)[C@H](Cc1ccc(O)c(Cl)c1)NC(=O)c1cccc(Br)c1)C1CCCC1. The zero-order valence-corrected chi connectivity index (χ0v) is 22.8. The molecule has 0 aromatic heterocycles. The fourth-order valence-corrected chi connectivity index (χ4v) is 5.38. The normalized spacial score (nSPS) is 16.0. The van der Waals surface area contributed by atoms with Gasteiger partial charge in [-0.1, -0.05) is 73.3 Å². The van der Waals surface area contributed by atoms with E-state index in [2.05, 4.69) is 21.2 Å². The molecule has 0 heterocycles. The van der Waals surface area contributed by atoms with Crippen molar-refractivity contribution in [2.75, 3.05) is 0 Å². The quantitative estimate of drug-likeness (QED) is 0.364. The zero-order valence-electron chi connectivity index (χ0n) is 20.4. The molecule has 0 spiro atoms. The van der Waals surface area contributed by atoms with E-state index in [1.54, 1.807) is 30.3 Å². The second kappa shape index (κ2) is 11.7. The van der Waals surface area contributed by atoms with Crippen molar-refractivity contribution >= 4 is 45.0 Å². The molecule has 0 unspecified atom stereocenters. The van der Waals surface area contributed by atoms with Gasteiger partial charge in [0.25, 0.3) is 5.91 Å². The predicted octanol–water partition coefficient (Wildman–Crippen LogP) is 6.53. The molecule has 0 radical (unpaired) electrons. The maximum absolute atomic E-state index is 13.7. The van der Waals surface area contributed by atoms with Crippen molar-refractivity contribution in [1.29, 1.82) is 0 Å². The van der Waals surface area contributed by atoms with Crippen LogP contribution in [0.3, 0.4) is 0 Å². The van der Waals surface area contributed by atoms with Crippen molar-refractivity contribution < 1.29 is 19.5 Å². The highest BCUT2D eigenvalue weighted by atomic mass is 79.9. The van der Waals surface area contributed by atoms with Crippen LogP contribution in [0, 0.1) is 17.3 Å². The van der Waals surface area contributed by atoms with Gasteiger partial charge in [0.1, 0.15) is 11.5 Å². The molecule has 5 nitrogen and oxygen atoms in total. The summed E-state index contributed by atoms with van der Waals surface area (Å²) >= 11 is 9.46. The summed E-state index contributed by atoms with van der Waals surface area (Å²) in [5, 5.41) is 12.8. The molecule has 2 aromatic carbocycles. The highest BCUT2D eigenvalue weighted by molar-refractivity contribution is 9.10. The van der Waals surface area contributed by atoms with Crippen LogP contribution in [0.5, 0.6) is 5.75 Å². The van der Waals surface area contributed by atoms with E-state index >= 15 is 0 Å². The van der Waals surface area contributed by atoms with Gasteiger partial charge in [-0.15, -0.1) is 0 Å². The summed E-state index contributed by atoms with van der Waals surface area (Å²) in [6, 6.07) is 10.9. The molecule has 3 rings (SSSR count). The largest absolute Gasteiger partial charge is 0.506 e. The Morgan fingerprint density at radius 3 is 2.40 bits per heavy atom. The molecule has 0 bridgehead atoms. The molecule has 2 N–H and O–H groups in total. The topological polar surface area (TPSA) is 83.5 Å². The second-order valence-electron chi connectivity index (χ2n) is 10.5. The number of halogens is 2. The van der Waals surface area contributed by atoms with Crippen molar-refractivity contribution in [3.05, 3.63) is 63.1 Å². The highest BCUT2D eigenvalue weighted by Crippen LogP contribution is 2.38. The van der Waals surface area contributed by atoms with Gasteiger partial charge in [0, 0.05) is 27.8 Å². The van der Waals surface area contributed by atoms with E-state index in [0.29, 0.717) is 11.1 Å². The number of hydrogen-bond donors (Lipinski definition) is 2. The molecule has 0 saturated heterocycles. The first-order chi connectivity index (χ1) is 16.5. The Morgan fingerprint density at radius 1 is 1.11 bits per heavy atom. The van der Waals surface area contributed by atoms with Crippen LogP contribution in [0.2, 0.25) is 5.02 Å². The van der Waals surface area contributed by atoms with E-state index in [-0.39, 0.29) is 52.9 Å². The standard InChI is InChI=1S/C28H33BrClNO4/c1-28(2,3)26(34)21(18-7-4-5-8-18)16-25(33)23(14-17-11-12-24(32)22(30)13-17)31-27(35)19-9-6-10-20(29)15-19/h6,9-13,15,18,21,23,32H,4-5,7-8,14,16H2,1-3H3,(H,31,35)/t21-,23-/m0/s1. The maximum atomic E-state index is 13.7. The average molecular weight is 563 g/mol. The van der Waals surface area contributed by atoms with Gasteiger partial charge in [-0.3, -0.25) is 14.4 Å². The van der Waals surface area contributed by atoms with Gasteiger partial charge in [-0.05, 0) is 61.1 Å². The number of hydrogen-bond acceptors (Lipinski definition) is 4. The third kappa shape index (κ3) is 7.40. The minimum Gasteiger partial charge on any atom is -0.506 e. The Labute approximate surface area is 220 Å². The Bertz CT molecular complexity index is 1090. The van der Waals surface area contributed by atoms with E-state index in [1.165, 1.54) is 6.07 Å². The number of rotatable bonds is 9. The molecular weight excluding hydrogens is 530 g/mol. The van der Waals surface area contributed by atoms with Crippen molar-refractivity contribution in [1.82, 2.24) is 5.32 Å². The van der Waals surface area contributed by atoms with E-state index < -0.39 is 11.5 Å². The average Bonchev–Trinajstić information content (AvgIpc) is 3.33. The number of aromatic hydroxyl groups is 1. The molecule has 1 saturated carbocycles. The van der Waals surface area contributed by atoms with E-state index in [9.17, 15) is 19.5 Å². The minimum absolute atomic E-state index is 0.0477. The number of phenols is 1. The summed E-state index contributed by atoms with van der Waals surface area (Å²) in [4.78, 5) is 40.1. The Morgan fingerprint density at radius 2 is 1.80 bits per heavy atom. The maximum Gasteiger partial charge on any atom is 0.251 e. The number of nitrogens with one attached hydrogen (secondary N) is 1. The lowest BCUT2D eigenvalue weighted by molar-refractivity contribution is -0.136. The number of amides is 1. The smallest absolute Gasteiger partial charge is 0.251 e. The van der Waals surface area contributed by atoms with Crippen molar-refractivity contribution in [2.24, 2.45) is 17.3 Å². The number of benzene rings is 2. The number of carbonyl (C=O) groups is 3. The van der Waals surface area contributed by atoms with E-state index in [0.717, 1.165) is 30.2 Å². The molecule has 1 fully saturated rings. The Kier molecular flexibility index (Phi) is 9.16. The molecule has 1 aliphatic carbocycles. The van der Waals surface area contributed by atoms with Crippen molar-refractivity contribution in [3.8, 4) is 5.75 Å². The van der Waals surface area contributed by atoms with Crippen LogP contribution in [-0.4, -0.2) is 28.6 Å². The summed E-state index contributed by atoms with van der Waals surface area (Å²) in [5.74, 6) is -0.661. The first-order valence-corrected chi connectivity index (χ1v) is 13.2. The van der Waals surface area contributed by atoms with Crippen LogP contribution in [0.4, 0.5) is 0 Å². The third-order valence-corrected chi connectivity index (χ3v) is 7.49. The number of Topliss-reactive ketones (excluding diaryl/α,β-unsaturated/α-hetero) is 2. The number of phenolic OH excluding ortho intramolecular Hbond substituents is 1. The minimum atomic E-state index is -0.834. The van der Waals surface area contributed by atoms with Crippen LogP contribution in [0.25, 0.3) is 0 Å². The van der Waals surface area contributed by atoms with Crippen LogP contribution >= 0.6 is 27.5 Å². The summed E-state index contributed by atoms with van der Waals surface area (Å²) in [7, 11) is 0. The van der Waals surface area contributed by atoms with Crippen LogP contribution in [-0.2, 0) is 16.0 Å². The first kappa shape index (κ1) is 27.4. The summed E-state index contributed by atoms with van der Waals surface area (Å²) in [6.45, 7) is 5.69. The second-order valence-corrected chi connectivity index (χ2v) is 11.8.